The van der Waals surface area contributed by atoms with Crippen LogP contribution in [0.15, 0.2) is 18.2 Å². The number of nitrogens with two attached hydrogens (primary N) is 1. The molecule has 0 saturated carbocycles. The quantitative estimate of drug-likeness (QED) is 0.669. The number of hydrogen-bond donors (Lipinski definition) is 3. The Hall–Kier alpha value is -2.04. The van der Waals surface area contributed by atoms with Crippen molar-refractivity contribution in [2.24, 2.45) is 5.73 Å². The van der Waals surface area contributed by atoms with E-state index in [9.17, 15) is 9.59 Å². The molecule has 0 heterocycles. The molecule has 1 aromatic rings. The van der Waals surface area contributed by atoms with Crippen LogP contribution in [0.25, 0.3) is 0 Å². The number of unbranched alkanes of at least 4 members (excludes halogenated alkanes) is 2. The molecule has 0 aromatic heterocycles. The van der Waals surface area contributed by atoms with Crippen LogP contribution in [0.1, 0.15) is 36.8 Å². The number of urea groups is 1. The average molecular weight is 277 g/mol. The molecule has 0 aliphatic carbocycles. The van der Waals surface area contributed by atoms with Crippen molar-refractivity contribution in [1.82, 2.24) is 5.32 Å². The monoisotopic (exact) mass is 277 g/mol. The summed E-state index contributed by atoms with van der Waals surface area (Å²) in [4.78, 5) is 22.3. The van der Waals surface area contributed by atoms with E-state index in [-0.39, 0.29) is 5.91 Å². The Bertz CT molecular complexity index is 472. The van der Waals surface area contributed by atoms with Gasteiger partial charge in [-0.1, -0.05) is 18.6 Å². The van der Waals surface area contributed by atoms with Crippen LogP contribution < -0.4 is 16.4 Å². The Labute approximate surface area is 119 Å². The number of anilines is 1. The Kier molecular flexibility index (Phi) is 6.56. The average Bonchev–Trinajstić information content (AvgIpc) is 2.39. The number of amides is 3. The number of primary amides is 1. The van der Waals surface area contributed by atoms with Crippen molar-refractivity contribution < 1.29 is 9.59 Å². The van der Waals surface area contributed by atoms with Crippen molar-refractivity contribution in [3.63, 3.8) is 0 Å². The molecule has 4 N–H and O–H groups in total. The smallest absolute Gasteiger partial charge is 0.312 e. The number of nitrogens with one attached hydrogen (secondary N) is 2. The lowest BCUT2D eigenvalue weighted by molar-refractivity contribution is -0.116. The van der Waals surface area contributed by atoms with Gasteiger partial charge in [-0.25, -0.2) is 4.79 Å². The zero-order valence-corrected chi connectivity index (χ0v) is 12.2. The second-order valence-electron chi connectivity index (χ2n) is 4.90. The highest BCUT2D eigenvalue weighted by molar-refractivity contribution is 5.91. The van der Waals surface area contributed by atoms with Crippen LogP contribution in [0, 0.1) is 13.8 Å². The zero-order chi connectivity index (χ0) is 15.0. The number of benzene rings is 1. The summed E-state index contributed by atoms with van der Waals surface area (Å²) in [6.07, 6.45) is 3.02. The number of carbonyl (C=O) groups is 2. The second kappa shape index (κ2) is 8.19. The molecule has 0 aliphatic heterocycles. The van der Waals surface area contributed by atoms with Gasteiger partial charge in [-0.2, -0.15) is 0 Å². The van der Waals surface area contributed by atoms with Gasteiger partial charge in [-0.3, -0.25) is 4.79 Å². The summed E-state index contributed by atoms with van der Waals surface area (Å²) in [7, 11) is 0. The highest BCUT2D eigenvalue weighted by Gasteiger charge is 2.05. The number of hydrogen-bond acceptors (Lipinski definition) is 2. The molecule has 1 rings (SSSR count). The Morgan fingerprint density at radius 1 is 1.15 bits per heavy atom. The van der Waals surface area contributed by atoms with Crippen molar-refractivity contribution in [3.05, 3.63) is 29.3 Å². The first-order valence-electron chi connectivity index (χ1n) is 6.90. The number of carbonyl (C=O) groups excluding carboxylic acids is 2. The van der Waals surface area contributed by atoms with Crippen LogP contribution in [-0.2, 0) is 4.79 Å². The van der Waals surface area contributed by atoms with Crippen LogP contribution in [0.4, 0.5) is 10.5 Å². The van der Waals surface area contributed by atoms with Crippen LogP contribution in [0.5, 0.6) is 0 Å². The molecule has 0 atom stereocenters. The molecule has 5 nitrogen and oxygen atoms in total. The minimum Gasteiger partial charge on any atom is -0.352 e. The van der Waals surface area contributed by atoms with Gasteiger partial charge in [-0.05, 0) is 43.9 Å². The SMILES string of the molecule is Cc1cccc(NC(=O)CCCCCNC(N)=O)c1C. The van der Waals surface area contributed by atoms with Gasteiger partial charge in [0.15, 0.2) is 0 Å². The summed E-state index contributed by atoms with van der Waals surface area (Å²) in [6, 6.07) is 5.37. The summed E-state index contributed by atoms with van der Waals surface area (Å²) in [6.45, 7) is 4.59. The zero-order valence-electron chi connectivity index (χ0n) is 12.2. The fraction of sp³-hybridized carbons (Fsp3) is 0.467. The van der Waals surface area contributed by atoms with Gasteiger partial charge in [0.1, 0.15) is 0 Å². The summed E-state index contributed by atoms with van der Waals surface area (Å²) >= 11 is 0. The Morgan fingerprint density at radius 3 is 2.60 bits per heavy atom. The van der Waals surface area contributed by atoms with Crippen LogP contribution in [0.3, 0.4) is 0 Å². The van der Waals surface area contributed by atoms with Crippen molar-refractivity contribution in [2.45, 2.75) is 39.5 Å². The molecule has 20 heavy (non-hydrogen) atoms. The number of rotatable bonds is 7. The molecule has 1 aromatic carbocycles. The molecule has 5 heteroatoms. The third kappa shape index (κ3) is 5.73. The minimum absolute atomic E-state index is 0.0292. The molecule has 0 fully saturated rings. The normalized spacial score (nSPS) is 10.1. The maximum Gasteiger partial charge on any atom is 0.312 e. The van der Waals surface area contributed by atoms with E-state index in [1.165, 1.54) is 5.56 Å². The van der Waals surface area contributed by atoms with Gasteiger partial charge < -0.3 is 16.4 Å². The first kappa shape index (κ1) is 16.0. The lowest BCUT2D eigenvalue weighted by atomic mass is 10.1. The van der Waals surface area contributed by atoms with E-state index in [1.807, 2.05) is 32.0 Å². The highest BCUT2D eigenvalue weighted by atomic mass is 16.2. The molecular formula is C15H23N3O2. The second-order valence-corrected chi connectivity index (χ2v) is 4.90. The van der Waals surface area contributed by atoms with Crippen LogP contribution >= 0.6 is 0 Å². The van der Waals surface area contributed by atoms with Gasteiger partial charge in [0.25, 0.3) is 0 Å². The first-order chi connectivity index (χ1) is 9.50. The van der Waals surface area contributed by atoms with Gasteiger partial charge in [0, 0.05) is 18.7 Å². The molecule has 0 unspecified atom stereocenters. The van der Waals surface area contributed by atoms with Crippen molar-refractivity contribution in [3.8, 4) is 0 Å². The third-order valence-electron chi connectivity index (χ3n) is 3.26. The van der Waals surface area contributed by atoms with Gasteiger partial charge >= 0.3 is 6.03 Å². The predicted molar refractivity (Wildman–Crippen MR) is 80.6 cm³/mol. The molecule has 3 amide bonds. The summed E-state index contributed by atoms with van der Waals surface area (Å²) in [5.41, 5.74) is 8.10. The van der Waals surface area contributed by atoms with E-state index in [0.717, 1.165) is 30.5 Å². The van der Waals surface area contributed by atoms with Gasteiger partial charge in [0.2, 0.25) is 5.91 Å². The van der Waals surface area contributed by atoms with E-state index in [1.54, 1.807) is 0 Å². The van der Waals surface area contributed by atoms with Gasteiger partial charge in [-0.15, -0.1) is 0 Å². The summed E-state index contributed by atoms with van der Waals surface area (Å²) in [5, 5.41) is 5.46. The summed E-state index contributed by atoms with van der Waals surface area (Å²) < 4.78 is 0. The van der Waals surface area contributed by atoms with E-state index in [2.05, 4.69) is 10.6 Å². The first-order valence-corrected chi connectivity index (χ1v) is 6.90. The molecule has 0 aliphatic rings. The standard InChI is InChI=1S/C15H23N3O2/c1-11-7-6-8-13(12(11)2)18-14(19)9-4-3-5-10-17-15(16)20/h6-8H,3-5,9-10H2,1-2H3,(H,18,19)(H3,16,17,20). The molecule has 0 spiro atoms. The molecular weight excluding hydrogens is 254 g/mol. The maximum absolute atomic E-state index is 11.8. The molecule has 0 radical (unpaired) electrons. The predicted octanol–water partition coefficient (Wildman–Crippen LogP) is 2.47. The molecule has 0 saturated heterocycles. The van der Waals surface area contributed by atoms with E-state index in [4.69, 9.17) is 5.73 Å². The lowest BCUT2D eigenvalue weighted by Crippen LogP contribution is -2.29. The third-order valence-corrected chi connectivity index (χ3v) is 3.26. The molecule has 0 bridgehead atoms. The van der Waals surface area contributed by atoms with Crippen molar-refractivity contribution in [2.75, 3.05) is 11.9 Å². The van der Waals surface area contributed by atoms with E-state index >= 15 is 0 Å². The van der Waals surface area contributed by atoms with Crippen LogP contribution in [0.2, 0.25) is 0 Å². The largest absolute Gasteiger partial charge is 0.352 e. The Morgan fingerprint density at radius 2 is 1.90 bits per heavy atom. The number of aryl methyl sites for hydroxylation is 1. The minimum atomic E-state index is -0.502. The summed E-state index contributed by atoms with van der Waals surface area (Å²) in [5.74, 6) is 0.0292. The van der Waals surface area contributed by atoms with Crippen molar-refractivity contribution >= 4 is 17.6 Å². The molecule has 110 valence electrons. The highest BCUT2D eigenvalue weighted by Crippen LogP contribution is 2.18. The van der Waals surface area contributed by atoms with Gasteiger partial charge in [0.05, 0.1) is 0 Å². The fourth-order valence-electron chi connectivity index (χ4n) is 1.90. The van der Waals surface area contributed by atoms with Crippen LogP contribution in [-0.4, -0.2) is 18.5 Å². The lowest BCUT2D eigenvalue weighted by Gasteiger charge is -2.10. The Balaban J connectivity index is 2.24. The van der Waals surface area contributed by atoms with E-state index in [0.29, 0.717) is 13.0 Å². The van der Waals surface area contributed by atoms with Crippen molar-refractivity contribution in [1.29, 1.82) is 0 Å². The maximum atomic E-state index is 11.8. The fourth-order valence-corrected chi connectivity index (χ4v) is 1.90. The topological polar surface area (TPSA) is 84.2 Å². The van der Waals surface area contributed by atoms with E-state index < -0.39 is 6.03 Å².